The third-order valence-corrected chi connectivity index (χ3v) is 3.68. The maximum atomic E-state index is 12.2. The molecule has 0 bridgehead atoms. The second-order valence-electron chi connectivity index (χ2n) is 5.00. The Kier molecular flexibility index (Phi) is 4.42. The number of rotatable bonds is 2. The fourth-order valence-electron chi connectivity index (χ4n) is 2.25. The van der Waals surface area contributed by atoms with Crippen LogP contribution in [0.3, 0.4) is 0 Å². The molecule has 1 saturated heterocycles. The van der Waals surface area contributed by atoms with Crippen molar-refractivity contribution in [3.8, 4) is 5.75 Å². The molecule has 3 heterocycles. The molecule has 3 rings (SSSR count). The molecule has 1 fully saturated rings. The van der Waals surface area contributed by atoms with Crippen molar-refractivity contribution in [3.05, 3.63) is 35.7 Å². The molecule has 2 aromatic heterocycles. The number of halogens is 1. The molecule has 0 atom stereocenters. The lowest BCUT2D eigenvalue weighted by Gasteiger charge is -2.35. The average Bonchev–Trinajstić information content (AvgIpc) is 2.58. The zero-order valence-corrected chi connectivity index (χ0v) is 12.9. The number of amides is 2. The lowest BCUT2D eigenvalue weighted by Crippen LogP contribution is -2.50. The molecule has 0 aromatic carbocycles. The van der Waals surface area contributed by atoms with Crippen molar-refractivity contribution in [2.45, 2.75) is 0 Å². The number of carbonyl (C=O) groups is 1. The molecule has 8 nitrogen and oxygen atoms in total. The highest BCUT2D eigenvalue weighted by Gasteiger charge is 2.22. The van der Waals surface area contributed by atoms with Crippen LogP contribution in [0, 0.1) is 0 Å². The van der Waals surface area contributed by atoms with E-state index in [-0.39, 0.29) is 17.7 Å². The summed E-state index contributed by atoms with van der Waals surface area (Å²) in [6.45, 7) is 2.49. The van der Waals surface area contributed by atoms with Crippen LogP contribution in [-0.4, -0.2) is 57.2 Å². The lowest BCUT2D eigenvalue weighted by molar-refractivity contribution is 0.208. The third-order valence-electron chi connectivity index (χ3n) is 3.46. The Bertz CT molecular complexity index is 671. The van der Waals surface area contributed by atoms with Crippen molar-refractivity contribution < 1.29 is 9.90 Å². The minimum Gasteiger partial charge on any atom is -0.505 e. The Labute approximate surface area is 137 Å². The van der Waals surface area contributed by atoms with Gasteiger partial charge in [-0.3, -0.25) is 5.32 Å². The van der Waals surface area contributed by atoms with Crippen LogP contribution < -0.4 is 10.2 Å². The number of anilines is 2. The minimum absolute atomic E-state index is 0.0490. The summed E-state index contributed by atoms with van der Waals surface area (Å²) in [7, 11) is 0. The van der Waals surface area contributed by atoms with Gasteiger partial charge in [-0.15, -0.1) is 0 Å². The zero-order chi connectivity index (χ0) is 16.2. The van der Waals surface area contributed by atoms with E-state index < -0.39 is 0 Å². The average molecular weight is 335 g/mol. The Balaban J connectivity index is 1.54. The quantitative estimate of drug-likeness (QED) is 0.866. The highest BCUT2D eigenvalue weighted by atomic mass is 35.5. The molecule has 9 heteroatoms. The second kappa shape index (κ2) is 6.66. The van der Waals surface area contributed by atoms with Crippen LogP contribution in [-0.2, 0) is 0 Å². The molecule has 23 heavy (non-hydrogen) atoms. The molecular formula is C14H15ClN6O2. The van der Waals surface area contributed by atoms with Crippen molar-refractivity contribution in [2.24, 2.45) is 0 Å². The van der Waals surface area contributed by atoms with Crippen LogP contribution in [0.4, 0.5) is 16.6 Å². The summed E-state index contributed by atoms with van der Waals surface area (Å²) in [5, 5.41) is 12.3. The van der Waals surface area contributed by atoms with E-state index in [1.807, 2.05) is 6.07 Å². The highest BCUT2D eigenvalue weighted by molar-refractivity contribution is 6.30. The fourth-order valence-corrected chi connectivity index (χ4v) is 2.37. The molecule has 0 spiro atoms. The molecule has 2 aromatic rings. The summed E-state index contributed by atoms with van der Waals surface area (Å²) < 4.78 is 0. The Morgan fingerprint density at radius 2 is 1.78 bits per heavy atom. The number of nitrogens with zero attached hydrogens (tertiary/aromatic N) is 5. The maximum absolute atomic E-state index is 12.2. The van der Waals surface area contributed by atoms with Crippen LogP contribution in [0.15, 0.2) is 30.7 Å². The minimum atomic E-state index is -0.264. The van der Waals surface area contributed by atoms with Gasteiger partial charge in [-0.25, -0.2) is 19.7 Å². The summed E-state index contributed by atoms with van der Waals surface area (Å²) in [6, 6.07) is 3.40. The van der Waals surface area contributed by atoms with Crippen LogP contribution in [0.2, 0.25) is 5.02 Å². The molecule has 0 saturated carbocycles. The zero-order valence-electron chi connectivity index (χ0n) is 12.2. The summed E-state index contributed by atoms with van der Waals surface area (Å²) in [6.07, 6.45) is 4.07. The number of pyridine rings is 1. The maximum Gasteiger partial charge on any atom is 0.324 e. The van der Waals surface area contributed by atoms with Crippen LogP contribution in [0.1, 0.15) is 0 Å². The SMILES string of the molecule is O=C(Nc1ncc(O)cn1)N1CCN(c2ccc(Cl)cn2)CC1. The van der Waals surface area contributed by atoms with Gasteiger partial charge in [0.1, 0.15) is 5.82 Å². The number of carbonyl (C=O) groups excluding carboxylic acids is 1. The van der Waals surface area contributed by atoms with Crippen LogP contribution >= 0.6 is 11.6 Å². The molecular weight excluding hydrogens is 320 g/mol. The molecule has 0 unspecified atom stereocenters. The fraction of sp³-hybridized carbons (Fsp3) is 0.286. The van der Waals surface area contributed by atoms with Gasteiger partial charge in [0.25, 0.3) is 0 Å². The van der Waals surface area contributed by atoms with E-state index in [1.165, 1.54) is 12.4 Å². The van der Waals surface area contributed by atoms with Crippen molar-refractivity contribution in [2.75, 3.05) is 36.4 Å². The second-order valence-corrected chi connectivity index (χ2v) is 5.44. The van der Waals surface area contributed by atoms with Gasteiger partial charge < -0.3 is 14.9 Å². The summed E-state index contributed by atoms with van der Waals surface area (Å²) in [5.74, 6) is 0.956. The number of aromatic nitrogens is 3. The largest absolute Gasteiger partial charge is 0.505 e. The molecule has 2 N–H and O–H groups in total. The Morgan fingerprint density at radius 3 is 2.39 bits per heavy atom. The van der Waals surface area contributed by atoms with E-state index in [1.54, 1.807) is 17.2 Å². The van der Waals surface area contributed by atoms with Gasteiger partial charge in [0.15, 0.2) is 5.75 Å². The molecule has 120 valence electrons. The summed E-state index contributed by atoms with van der Waals surface area (Å²) in [4.78, 5) is 27.9. The first-order valence-corrected chi connectivity index (χ1v) is 7.43. The molecule has 0 radical (unpaired) electrons. The highest BCUT2D eigenvalue weighted by Crippen LogP contribution is 2.16. The van der Waals surface area contributed by atoms with E-state index in [9.17, 15) is 4.79 Å². The number of hydrogen-bond acceptors (Lipinski definition) is 6. The number of piperazine rings is 1. The summed E-state index contributed by atoms with van der Waals surface area (Å²) >= 11 is 5.83. The number of hydrogen-bond donors (Lipinski definition) is 2. The van der Waals surface area contributed by atoms with Gasteiger partial charge in [0.05, 0.1) is 17.4 Å². The lowest BCUT2D eigenvalue weighted by atomic mass is 10.3. The van der Waals surface area contributed by atoms with Crippen molar-refractivity contribution in [1.29, 1.82) is 0 Å². The van der Waals surface area contributed by atoms with Crippen LogP contribution in [0.5, 0.6) is 5.75 Å². The predicted molar refractivity (Wildman–Crippen MR) is 85.7 cm³/mol. The Morgan fingerprint density at radius 1 is 1.09 bits per heavy atom. The summed E-state index contributed by atoms with van der Waals surface area (Å²) in [5.41, 5.74) is 0. The molecule has 2 amide bonds. The van der Waals surface area contributed by atoms with E-state index >= 15 is 0 Å². The van der Waals surface area contributed by atoms with Gasteiger partial charge in [0.2, 0.25) is 5.95 Å². The number of urea groups is 1. The third kappa shape index (κ3) is 3.78. The smallest absolute Gasteiger partial charge is 0.324 e. The van der Waals surface area contributed by atoms with Gasteiger partial charge in [0, 0.05) is 32.4 Å². The first kappa shape index (κ1) is 15.3. The van der Waals surface area contributed by atoms with Crippen molar-refractivity contribution >= 4 is 29.4 Å². The number of nitrogens with one attached hydrogen (secondary N) is 1. The number of aromatic hydroxyl groups is 1. The van der Waals surface area contributed by atoms with E-state index in [2.05, 4.69) is 25.2 Å². The van der Waals surface area contributed by atoms with Crippen molar-refractivity contribution in [3.63, 3.8) is 0 Å². The van der Waals surface area contributed by atoms with Crippen LogP contribution in [0.25, 0.3) is 0 Å². The van der Waals surface area contributed by atoms with Gasteiger partial charge in [-0.2, -0.15) is 0 Å². The van der Waals surface area contributed by atoms with Gasteiger partial charge >= 0.3 is 6.03 Å². The first-order valence-electron chi connectivity index (χ1n) is 7.05. The predicted octanol–water partition coefficient (Wildman–Crippen LogP) is 1.58. The van der Waals surface area contributed by atoms with E-state index in [0.717, 1.165) is 5.82 Å². The normalized spacial score (nSPS) is 14.7. The molecule has 1 aliphatic rings. The van der Waals surface area contributed by atoms with Crippen molar-refractivity contribution in [1.82, 2.24) is 19.9 Å². The van der Waals surface area contributed by atoms with Gasteiger partial charge in [-0.05, 0) is 12.1 Å². The molecule has 1 aliphatic heterocycles. The Hall–Kier alpha value is -2.61. The standard InChI is InChI=1S/C14H15ClN6O2/c15-10-1-2-12(16-7-10)20-3-5-21(6-4-20)14(23)19-13-17-8-11(22)9-18-13/h1-2,7-9,22H,3-6H2,(H,17,18,19,23). The molecule has 0 aliphatic carbocycles. The van der Waals surface area contributed by atoms with Gasteiger partial charge in [-0.1, -0.05) is 11.6 Å². The topological polar surface area (TPSA) is 94.5 Å². The first-order chi connectivity index (χ1) is 11.1. The van der Waals surface area contributed by atoms with E-state index in [0.29, 0.717) is 31.2 Å². The van der Waals surface area contributed by atoms with E-state index in [4.69, 9.17) is 16.7 Å². The monoisotopic (exact) mass is 334 g/mol.